The van der Waals surface area contributed by atoms with Gasteiger partial charge in [0.1, 0.15) is 11.5 Å². The number of hydrogen-bond acceptors (Lipinski definition) is 3. The highest BCUT2D eigenvalue weighted by atomic mass is 32.2. The van der Waals surface area contributed by atoms with E-state index >= 15 is 0 Å². The average molecular weight is 313 g/mol. The lowest BCUT2D eigenvalue weighted by Crippen LogP contribution is -2.09. The molecule has 2 N–H and O–H groups in total. The fraction of sp³-hybridized carbons (Fsp3) is 0.200. The molecule has 2 rings (SSSR count). The molecule has 0 aromatic heterocycles. The van der Waals surface area contributed by atoms with Gasteiger partial charge < -0.3 is 10.5 Å². The van der Waals surface area contributed by atoms with E-state index in [9.17, 15) is 13.2 Å². The molecule has 0 aliphatic carbocycles. The third kappa shape index (κ3) is 3.92. The van der Waals surface area contributed by atoms with Gasteiger partial charge in [-0.3, -0.25) is 0 Å². The van der Waals surface area contributed by atoms with Gasteiger partial charge in [-0.1, -0.05) is 6.07 Å². The number of benzene rings is 2. The van der Waals surface area contributed by atoms with Gasteiger partial charge in [-0.05, 0) is 48.2 Å². The quantitative estimate of drug-likeness (QED) is 0.833. The first-order valence-corrected chi connectivity index (χ1v) is 7.38. The van der Waals surface area contributed by atoms with Gasteiger partial charge in [-0.2, -0.15) is 13.2 Å². The molecule has 6 heteroatoms. The molecule has 112 valence electrons. The Morgan fingerprint density at radius 1 is 1.10 bits per heavy atom. The highest BCUT2D eigenvalue weighted by molar-refractivity contribution is 7.98. The molecule has 0 unspecified atom stereocenters. The molecule has 0 saturated carbocycles. The van der Waals surface area contributed by atoms with Gasteiger partial charge in [0.25, 0.3) is 0 Å². The molecule has 2 aromatic rings. The number of alkyl halides is 3. The minimum atomic E-state index is -4.49. The predicted molar refractivity (Wildman–Crippen MR) is 77.6 cm³/mol. The molecule has 0 heterocycles. The third-order valence-electron chi connectivity index (χ3n) is 2.87. The molecule has 2 aromatic carbocycles. The Balaban J connectivity index is 2.34. The first-order chi connectivity index (χ1) is 9.94. The summed E-state index contributed by atoms with van der Waals surface area (Å²) in [6.45, 7) is 0.0474. The summed E-state index contributed by atoms with van der Waals surface area (Å²) in [5.74, 6) is 0.135. The van der Waals surface area contributed by atoms with Crippen molar-refractivity contribution in [3.63, 3.8) is 0 Å². The molecule has 0 bridgehead atoms. The Hall–Kier alpha value is -1.66. The van der Waals surface area contributed by atoms with Crippen molar-refractivity contribution < 1.29 is 17.9 Å². The van der Waals surface area contributed by atoms with Gasteiger partial charge in [0.15, 0.2) is 0 Å². The molecule has 0 fully saturated rings. The molecular formula is C15H14F3NOS. The van der Waals surface area contributed by atoms with E-state index in [0.717, 1.165) is 11.0 Å². The second kappa shape index (κ2) is 6.41. The van der Waals surface area contributed by atoms with Crippen molar-refractivity contribution in [2.24, 2.45) is 5.73 Å². The van der Waals surface area contributed by atoms with Crippen LogP contribution in [0.4, 0.5) is 13.2 Å². The number of thioether (sulfide) groups is 1. The topological polar surface area (TPSA) is 35.2 Å². The van der Waals surface area contributed by atoms with Crippen LogP contribution >= 0.6 is 11.8 Å². The minimum absolute atomic E-state index is 0.0474. The average Bonchev–Trinajstić information content (AvgIpc) is 2.47. The summed E-state index contributed by atoms with van der Waals surface area (Å²) in [5.41, 5.74) is 4.98. The standard InChI is InChI=1S/C15H14F3NOS/c1-21-12-5-3-11(4-6-12)20-14-7-2-10(9-19)8-13(14)15(16,17)18/h2-8H,9,19H2,1H3. The summed E-state index contributed by atoms with van der Waals surface area (Å²) in [6.07, 6.45) is -2.57. The highest BCUT2D eigenvalue weighted by Crippen LogP contribution is 2.38. The van der Waals surface area contributed by atoms with Crippen LogP contribution in [-0.4, -0.2) is 6.26 Å². The van der Waals surface area contributed by atoms with E-state index in [0.29, 0.717) is 11.3 Å². The third-order valence-corrected chi connectivity index (χ3v) is 3.62. The van der Waals surface area contributed by atoms with Gasteiger partial charge in [-0.15, -0.1) is 11.8 Å². The van der Waals surface area contributed by atoms with Crippen molar-refractivity contribution >= 4 is 11.8 Å². The van der Waals surface area contributed by atoms with E-state index in [1.165, 1.54) is 12.1 Å². The fourth-order valence-corrected chi connectivity index (χ4v) is 2.19. The summed E-state index contributed by atoms with van der Waals surface area (Å²) in [5, 5.41) is 0. The molecular weight excluding hydrogens is 299 g/mol. The number of hydrogen-bond donors (Lipinski definition) is 1. The van der Waals surface area contributed by atoms with E-state index in [4.69, 9.17) is 10.5 Å². The van der Waals surface area contributed by atoms with E-state index in [-0.39, 0.29) is 12.3 Å². The van der Waals surface area contributed by atoms with Crippen LogP contribution in [0.2, 0.25) is 0 Å². The number of nitrogens with two attached hydrogens (primary N) is 1. The zero-order valence-corrected chi connectivity index (χ0v) is 12.1. The fourth-order valence-electron chi connectivity index (χ4n) is 1.79. The van der Waals surface area contributed by atoms with E-state index in [2.05, 4.69) is 0 Å². The maximum absolute atomic E-state index is 13.1. The van der Waals surface area contributed by atoms with Crippen molar-refractivity contribution in [3.8, 4) is 11.5 Å². The second-order valence-electron chi connectivity index (χ2n) is 4.31. The van der Waals surface area contributed by atoms with Crippen molar-refractivity contribution in [2.75, 3.05) is 6.26 Å². The largest absolute Gasteiger partial charge is 0.457 e. The van der Waals surface area contributed by atoms with Gasteiger partial charge in [0.05, 0.1) is 5.56 Å². The Kier molecular flexibility index (Phi) is 4.80. The molecule has 0 saturated heterocycles. The van der Waals surface area contributed by atoms with Gasteiger partial charge in [0.2, 0.25) is 0 Å². The zero-order valence-electron chi connectivity index (χ0n) is 11.3. The first-order valence-electron chi connectivity index (χ1n) is 6.16. The van der Waals surface area contributed by atoms with Gasteiger partial charge >= 0.3 is 6.18 Å². The maximum Gasteiger partial charge on any atom is 0.419 e. The summed E-state index contributed by atoms with van der Waals surface area (Å²) in [7, 11) is 0. The van der Waals surface area contributed by atoms with Crippen LogP contribution < -0.4 is 10.5 Å². The van der Waals surface area contributed by atoms with E-state index < -0.39 is 11.7 Å². The molecule has 0 aliphatic rings. The smallest absolute Gasteiger partial charge is 0.419 e. The summed E-state index contributed by atoms with van der Waals surface area (Å²) in [6, 6.07) is 10.7. The van der Waals surface area contributed by atoms with E-state index in [1.54, 1.807) is 36.0 Å². The van der Waals surface area contributed by atoms with Crippen LogP contribution in [-0.2, 0) is 12.7 Å². The van der Waals surface area contributed by atoms with Gasteiger partial charge in [-0.25, -0.2) is 0 Å². The number of ether oxygens (including phenoxy) is 1. The molecule has 0 amide bonds. The van der Waals surface area contributed by atoms with Crippen LogP contribution in [0.15, 0.2) is 47.4 Å². The van der Waals surface area contributed by atoms with Crippen LogP contribution in [0.3, 0.4) is 0 Å². The van der Waals surface area contributed by atoms with Crippen molar-refractivity contribution in [3.05, 3.63) is 53.6 Å². The lowest BCUT2D eigenvalue weighted by atomic mass is 10.1. The Labute approximate surface area is 125 Å². The lowest BCUT2D eigenvalue weighted by molar-refractivity contribution is -0.138. The normalized spacial score (nSPS) is 11.5. The highest BCUT2D eigenvalue weighted by Gasteiger charge is 2.34. The number of halogens is 3. The monoisotopic (exact) mass is 313 g/mol. The van der Waals surface area contributed by atoms with Crippen molar-refractivity contribution in [2.45, 2.75) is 17.6 Å². The second-order valence-corrected chi connectivity index (χ2v) is 5.19. The summed E-state index contributed by atoms with van der Waals surface area (Å²) >= 11 is 1.55. The van der Waals surface area contributed by atoms with Crippen LogP contribution in [0.25, 0.3) is 0 Å². The summed E-state index contributed by atoms with van der Waals surface area (Å²) in [4.78, 5) is 1.01. The van der Waals surface area contributed by atoms with E-state index in [1.807, 2.05) is 6.26 Å². The Morgan fingerprint density at radius 2 is 1.76 bits per heavy atom. The maximum atomic E-state index is 13.1. The van der Waals surface area contributed by atoms with Crippen LogP contribution in [0, 0.1) is 0 Å². The molecule has 0 aliphatic heterocycles. The summed E-state index contributed by atoms with van der Waals surface area (Å²) < 4.78 is 44.6. The molecule has 21 heavy (non-hydrogen) atoms. The van der Waals surface area contributed by atoms with Crippen molar-refractivity contribution in [1.29, 1.82) is 0 Å². The van der Waals surface area contributed by atoms with Crippen LogP contribution in [0.5, 0.6) is 11.5 Å². The first kappa shape index (κ1) is 15.7. The molecule has 0 atom stereocenters. The predicted octanol–water partition coefficient (Wildman–Crippen LogP) is 4.68. The number of rotatable bonds is 4. The molecule has 0 spiro atoms. The van der Waals surface area contributed by atoms with Crippen LogP contribution in [0.1, 0.15) is 11.1 Å². The Morgan fingerprint density at radius 3 is 2.29 bits per heavy atom. The zero-order chi connectivity index (χ0) is 15.5. The molecule has 2 nitrogen and oxygen atoms in total. The Bertz CT molecular complexity index is 611. The van der Waals surface area contributed by atoms with Crippen molar-refractivity contribution in [1.82, 2.24) is 0 Å². The van der Waals surface area contributed by atoms with Gasteiger partial charge in [0, 0.05) is 11.4 Å². The molecule has 0 radical (unpaired) electrons. The SMILES string of the molecule is CSc1ccc(Oc2ccc(CN)cc2C(F)(F)F)cc1. The minimum Gasteiger partial charge on any atom is -0.457 e. The lowest BCUT2D eigenvalue weighted by Gasteiger charge is -2.15.